The molecule has 0 radical (unpaired) electrons. The van der Waals surface area contributed by atoms with Gasteiger partial charge >= 0.3 is 0 Å². The molecular weight excluding hydrogens is 398 g/mol. The molecule has 0 bridgehead atoms. The molecule has 2 aliphatic rings. The van der Waals surface area contributed by atoms with Gasteiger partial charge in [-0.1, -0.05) is 18.2 Å². The van der Waals surface area contributed by atoms with E-state index in [9.17, 15) is 0 Å². The lowest BCUT2D eigenvalue weighted by atomic mass is 10.0. The number of likely N-dealkylation sites (N-methyl/N-ethyl adjacent to an activating group) is 2. The van der Waals surface area contributed by atoms with Gasteiger partial charge < -0.3 is 15.0 Å². The van der Waals surface area contributed by atoms with Crippen LogP contribution in [0.5, 0.6) is 0 Å². The van der Waals surface area contributed by atoms with Gasteiger partial charge in [-0.2, -0.15) is 5.10 Å². The molecule has 0 spiro atoms. The first-order valence-electron chi connectivity index (χ1n) is 12.1. The van der Waals surface area contributed by atoms with E-state index in [1.807, 2.05) is 13.2 Å². The maximum Gasteiger partial charge on any atom is 0.158 e. The fourth-order valence-electron chi connectivity index (χ4n) is 4.74. The highest BCUT2D eigenvalue weighted by molar-refractivity contribution is 5.84. The van der Waals surface area contributed by atoms with Gasteiger partial charge in [0, 0.05) is 62.5 Å². The van der Waals surface area contributed by atoms with Crippen molar-refractivity contribution in [2.45, 2.75) is 44.7 Å². The third kappa shape index (κ3) is 4.87. The summed E-state index contributed by atoms with van der Waals surface area (Å²) >= 11 is 0. The maximum absolute atomic E-state index is 5.54. The van der Waals surface area contributed by atoms with Gasteiger partial charge in [-0.15, -0.1) is 0 Å². The first-order chi connectivity index (χ1) is 15.7. The molecule has 6 nitrogen and oxygen atoms in total. The molecule has 1 aliphatic heterocycles. The monoisotopic (exact) mass is 433 g/mol. The molecule has 0 unspecified atom stereocenters. The minimum atomic E-state index is 0.609. The SMILES string of the molecule is CNCCN(C)Cc1cccc(-c2cnc3c(c2)c(C2CC2)nn3CC2CCOCC2)c1. The highest BCUT2D eigenvalue weighted by Crippen LogP contribution is 2.43. The fourth-order valence-corrected chi connectivity index (χ4v) is 4.74. The molecule has 3 heterocycles. The van der Waals surface area contributed by atoms with Crippen LogP contribution in [0.25, 0.3) is 22.2 Å². The lowest BCUT2D eigenvalue weighted by Crippen LogP contribution is -2.26. The molecule has 170 valence electrons. The Morgan fingerprint density at radius 3 is 2.75 bits per heavy atom. The van der Waals surface area contributed by atoms with E-state index in [1.54, 1.807) is 0 Å². The minimum absolute atomic E-state index is 0.609. The lowest BCUT2D eigenvalue weighted by Gasteiger charge is -2.21. The van der Waals surface area contributed by atoms with Crippen molar-refractivity contribution in [3.8, 4) is 11.1 Å². The summed E-state index contributed by atoms with van der Waals surface area (Å²) in [7, 11) is 4.17. The molecule has 0 atom stereocenters. The highest BCUT2D eigenvalue weighted by atomic mass is 16.5. The number of hydrogen-bond donors (Lipinski definition) is 1. The number of rotatable bonds is 9. The average Bonchev–Trinajstić information content (AvgIpc) is 3.61. The Labute approximate surface area is 191 Å². The molecule has 32 heavy (non-hydrogen) atoms. The van der Waals surface area contributed by atoms with Crippen LogP contribution in [-0.2, 0) is 17.8 Å². The van der Waals surface area contributed by atoms with Crippen molar-refractivity contribution in [2.75, 3.05) is 40.4 Å². The molecule has 1 saturated carbocycles. The number of fused-ring (bicyclic) bond motifs is 1. The second-order valence-corrected chi connectivity index (χ2v) is 9.53. The lowest BCUT2D eigenvalue weighted by molar-refractivity contribution is 0.0605. The summed E-state index contributed by atoms with van der Waals surface area (Å²) in [5, 5.41) is 9.53. The molecule has 5 rings (SSSR count). The zero-order valence-corrected chi connectivity index (χ0v) is 19.4. The van der Waals surface area contributed by atoms with Gasteiger partial charge in [0.25, 0.3) is 0 Å². The number of aromatic nitrogens is 3. The Morgan fingerprint density at radius 1 is 1.12 bits per heavy atom. The summed E-state index contributed by atoms with van der Waals surface area (Å²) in [6, 6.07) is 11.2. The van der Waals surface area contributed by atoms with E-state index in [1.165, 1.54) is 40.6 Å². The molecule has 1 N–H and O–H groups in total. The van der Waals surface area contributed by atoms with Crippen molar-refractivity contribution >= 4 is 11.0 Å². The maximum atomic E-state index is 5.54. The summed E-state index contributed by atoms with van der Waals surface area (Å²) in [6.45, 7) is 5.67. The van der Waals surface area contributed by atoms with Crippen molar-refractivity contribution in [2.24, 2.45) is 5.92 Å². The summed E-state index contributed by atoms with van der Waals surface area (Å²) in [5.41, 5.74) is 6.05. The van der Waals surface area contributed by atoms with Gasteiger partial charge in [0.15, 0.2) is 5.65 Å². The zero-order chi connectivity index (χ0) is 21.9. The number of pyridine rings is 1. The molecule has 2 fully saturated rings. The molecular formula is C26H35N5O. The summed E-state index contributed by atoms with van der Waals surface area (Å²) < 4.78 is 7.72. The van der Waals surface area contributed by atoms with Crippen LogP contribution in [0.15, 0.2) is 36.5 Å². The summed E-state index contributed by atoms with van der Waals surface area (Å²) in [4.78, 5) is 7.29. The molecule has 6 heteroatoms. The number of ether oxygens (including phenoxy) is 1. The van der Waals surface area contributed by atoms with Crippen LogP contribution in [0, 0.1) is 5.92 Å². The number of benzene rings is 1. The largest absolute Gasteiger partial charge is 0.381 e. The first-order valence-corrected chi connectivity index (χ1v) is 12.1. The van der Waals surface area contributed by atoms with Crippen LogP contribution < -0.4 is 5.32 Å². The van der Waals surface area contributed by atoms with E-state index >= 15 is 0 Å². The zero-order valence-electron chi connectivity index (χ0n) is 19.4. The third-order valence-electron chi connectivity index (χ3n) is 6.81. The second-order valence-electron chi connectivity index (χ2n) is 9.53. The van der Waals surface area contributed by atoms with E-state index in [0.29, 0.717) is 11.8 Å². The predicted molar refractivity (Wildman–Crippen MR) is 129 cm³/mol. The Kier molecular flexibility index (Phi) is 6.53. The van der Waals surface area contributed by atoms with Gasteiger partial charge in [0.2, 0.25) is 0 Å². The van der Waals surface area contributed by atoms with Crippen LogP contribution in [0.4, 0.5) is 0 Å². The smallest absolute Gasteiger partial charge is 0.158 e. The van der Waals surface area contributed by atoms with E-state index in [0.717, 1.165) is 57.9 Å². The van der Waals surface area contributed by atoms with Crippen molar-refractivity contribution in [1.82, 2.24) is 25.0 Å². The summed E-state index contributed by atoms with van der Waals surface area (Å²) in [6.07, 6.45) is 6.77. The van der Waals surface area contributed by atoms with Crippen LogP contribution >= 0.6 is 0 Å². The Balaban J connectivity index is 1.42. The van der Waals surface area contributed by atoms with Gasteiger partial charge in [-0.05, 0) is 69.0 Å². The summed E-state index contributed by atoms with van der Waals surface area (Å²) in [5.74, 6) is 1.25. The van der Waals surface area contributed by atoms with Crippen molar-refractivity contribution < 1.29 is 4.74 Å². The van der Waals surface area contributed by atoms with E-state index in [2.05, 4.69) is 52.3 Å². The van der Waals surface area contributed by atoms with Crippen molar-refractivity contribution in [3.05, 3.63) is 47.8 Å². The number of nitrogens with zero attached hydrogens (tertiary/aromatic N) is 4. The second kappa shape index (κ2) is 9.69. The van der Waals surface area contributed by atoms with Crippen LogP contribution in [0.1, 0.15) is 42.9 Å². The number of hydrogen-bond acceptors (Lipinski definition) is 5. The van der Waals surface area contributed by atoms with Crippen molar-refractivity contribution in [3.63, 3.8) is 0 Å². The molecule has 1 aromatic carbocycles. The topological polar surface area (TPSA) is 55.2 Å². The van der Waals surface area contributed by atoms with Gasteiger partial charge in [-0.25, -0.2) is 9.67 Å². The van der Waals surface area contributed by atoms with Gasteiger partial charge in [0.1, 0.15) is 0 Å². The normalized spacial score (nSPS) is 17.5. The Hall–Kier alpha value is -2.28. The molecule has 2 aromatic heterocycles. The van der Waals surface area contributed by atoms with Crippen LogP contribution in [0.2, 0.25) is 0 Å². The van der Waals surface area contributed by atoms with E-state index < -0.39 is 0 Å². The minimum Gasteiger partial charge on any atom is -0.381 e. The fraction of sp³-hybridized carbons (Fsp3) is 0.538. The van der Waals surface area contributed by atoms with Crippen LogP contribution in [0.3, 0.4) is 0 Å². The predicted octanol–water partition coefficient (Wildman–Crippen LogP) is 4.05. The van der Waals surface area contributed by atoms with Gasteiger partial charge in [0.05, 0.1) is 5.69 Å². The molecule has 1 saturated heterocycles. The highest BCUT2D eigenvalue weighted by Gasteiger charge is 2.30. The average molecular weight is 434 g/mol. The van der Waals surface area contributed by atoms with E-state index in [-0.39, 0.29) is 0 Å². The Morgan fingerprint density at radius 2 is 1.97 bits per heavy atom. The molecule has 0 amide bonds. The third-order valence-corrected chi connectivity index (χ3v) is 6.81. The number of nitrogens with one attached hydrogen (secondary N) is 1. The Bertz CT molecular complexity index is 1050. The first kappa shape index (κ1) is 21.6. The molecule has 1 aliphatic carbocycles. The van der Waals surface area contributed by atoms with Gasteiger partial charge in [-0.3, -0.25) is 0 Å². The van der Waals surface area contributed by atoms with E-state index in [4.69, 9.17) is 14.8 Å². The standard InChI is InChI=1S/C26H35N5O/c1-27-10-11-30(2)17-20-4-3-5-22(14-20)23-15-24-25(21-6-7-21)29-31(26(24)28-16-23)18-19-8-12-32-13-9-19/h3-5,14-16,19,21,27H,6-13,17-18H2,1-2H3. The van der Waals surface area contributed by atoms with Crippen molar-refractivity contribution in [1.29, 1.82) is 0 Å². The molecule has 3 aromatic rings. The van der Waals surface area contributed by atoms with Crippen LogP contribution in [-0.4, -0.2) is 60.1 Å². The quantitative estimate of drug-likeness (QED) is 0.552.